The van der Waals surface area contributed by atoms with Crippen LogP contribution < -0.4 is 16.8 Å². The largest absolute Gasteiger partial charge is 0.370 e. The van der Waals surface area contributed by atoms with E-state index in [1.165, 1.54) is 11.3 Å². The van der Waals surface area contributed by atoms with Gasteiger partial charge in [0.15, 0.2) is 0 Å². The van der Waals surface area contributed by atoms with E-state index in [1.807, 2.05) is 0 Å². The fourth-order valence-corrected chi connectivity index (χ4v) is 1.55. The van der Waals surface area contributed by atoms with Gasteiger partial charge >= 0.3 is 0 Å². The number of thiazole rings is 1. The second-order valence-electron chi connectivity index (χ2n) is 2.80. The zero-order chi connectivity index (χ0) is 11.3. The molecule has 2 amide bonds. The molecular formula is C8H12N4O2S. The molecular weight excluding hydrogens is 216 g/mol. The first-order valence-corrected chi connectivity index (χ1v) is 5.22. The van der Waals surface area contributed by atoms with Crippen molar-refractivity contribution in [1.82, 2.24) is 10.3 Å². The number of carbonyl (C=O) groups excluding carboxylic acids is 2. The van der Waals surface area contributed by atoms with Crippen molar-refractivity contribution in [2.24, 2.45) is 11.5 Å². The predicted molar refractivity (Wildman–Crippen MR) is 56.2 cm³/mol. The number of amides is 2. The maximum absolute atomic E-state index is 11.4. The number of rotatable bonds is 5. The summed E-state index contributed by atoms with van der Waals surface area (Å²) < 4.78 is 0. The summed E-state index contributed by atoms with van der Waals surface area (Å²) in [6, 6.07) is 0. The fourth-order valence-electron chi connectivity index (χ4n) is 0.899. The number of hydrogen-bond donors (Lipinski definition) is 3. The summed E-state index contributed by atoms with van der Waals surface area (Å²) in [4.78, 5) is 25.8. The monoisotopic (exact) mass is 228 g/mol. The Morgan fingerprint density at radius 3 is 2.80 bits per heavy atom. The molecule has 82 valence electrons. The van der Waals surface area contributed by atoms with E-state index >= 15 is 0 Å². The van der Waals surface area contributed by atoms with Crippen LogP contribution >= 0.6 is 11.3 Å². The molecule has 0 bridgehead atoms. The molecule has 0 unspecified atom stereocenters. The number of nitrogens with one attached hydrogen (secondary N) is 1. The van der Waals surface area contributed by atoms with E-state index < -0.39 is 5.91 Å². The van der Waals surface area contributed by atoms with Crippen molar-refractivity contribution in [1.29, 1.82) is 0 Å². The molecule has 0 spiro atoms. The normalized spacial score (nSPS) is 9.93. The highest BCUT2D eigenvalue weighted by Gasteiger charge is 2.09. The van der Waals surface area contributed by atoms with Crippen molar-refractivity contribution in [3.63, 3.8) is 0 Å². The quantitative estimate of drug-likeness (QED) is 0.613. The first-order chi connectivity index (χ1) is 7.13. The van der Waals surface area contributed by atoms with Gasteiger partial charge in [0, 0.05) is 24.9 Å². The van der Waals surface area contributed by atoms with Crippen LogP contribution in [0.1, 0.15) is 21.9 Å². The van der Waals surface area contributed by atoms with E-state index in [-0.39, 0.29) is 18.9 Å². The topological polar surface area (TPSA) is 111 Å². The van der Waals surface area contributed by atoms with Crippen LogP contribution in [0.15, 0.2) is 5.38 Å². The first kappa shape index (κ1) is 11.6. The number of nitrogens with two attached hydrogens (primary N) is 2. The lowest BCUT2D eigenvalue weighted by Gasteiger charge is -1.99. The van der Waals surface area contributed by atoms with Crippen molar-refractivity contribution < 1.29 is 9.59 Å². The minimum Gasteiger partial charge on any atom is -0.370 e. The first-order valence-electron chi connectivity index (χ1n) is 4.34. The Bertz CT molecular complexity index is 363. The third-order valence-corrected chi connectivity index (χ3v) is 2.49. The van der Waals surface area contributed by atoms with Crippen LogP contribution in [0, 0.1) is 0 Å². The second-order valence-corrected chi connectivity index (χ2v) is 3.75. The average molecular weight is 228 g/mol. The van der Waals surface area contributed by atoms with E-state index in [1.54, 1.807) is 5.38 Å². The smallest absolute Gasteiger partial charge is 0.270 e. The third-order valence-electron chi connectivity index (χ3n) is 1.62. The number of primary amides is 1. The molecule has 6 nitrogen and oxygen atoms in total. The van der Waals surface area contributed by atoms with Crippen LogP contribution in [0.5, 0.6) is 0 Å². The fraction of sp³-hybridized carbons (Fsp3) is 0.375. The zero-order valence-electron chi connectivity index (χ0n) is 8.03. The van der Waals surface area contributed by atoms with Gasteiger partial charge in [-0.15, -0.1) is 11.3 Å². The summed E-state index contributed by atoms with van der Waals surface area (Å²) in [7, 11) is 0. The summed E-state index contributed by atoms with van der Waals surface area (Å²) in [6.45, 7) is 0.545. The Kier molecular flexibility index (Phi) is 4.19. The predicted octanol–water partition coefficient (Wildman–Crippen LogP) is -0.793. The van der Waals surface area contributed by atoms with Gasteiger partial charge in [0.05, 0.1) is 0 Å². The Hall–Kier alpha value is -1.47. The highest BCUT2D eigenvalue weighted by atomic mass is 32.1. The standard InChI is InChI=1S/C8H12N4O2S/c9-3-7-12-5(4-15-7)8(14)11-2-1-6(10)13/h4H,1-3,9H2,(H2,10,13)(H,11,14). The van der Waals surface area contributed by atoms with Gasteiger partial charge in [-0.05, 0) is 0 Å². The van der Waals surface area contributed by atoms with Crippen molar-refractivity contribution in [3.8, 4) is 0 Å². The molecule has 0 aliphatic heterocycles. The van der Waals surface area contributed by atoms with E-state index in [0.717, 1.165) is 0 Å². The molecule has 5 N–H and O–H groups in total. The Labute approximate surface area is 90.7 Å². The van der Waals surface area contributed by atoms with Crippen LogP contribution in [0.2, 0.25) is 0 Å². The molecule has 0 saturated carbocycles. The van der Waals surface area contributed by atoms with Gasteiger partial charge in [-0.25, -0.2) is 4.98 Å². The Morgan fingerprint density at radius 2 is 2.27 bits per heavy atom. The summed E-state index contributed by atoms with van der Waals surface area (Å²) >= 11 is 1.33. The van der Waals surface area contributed by atoms with Gasteiger partial charge in [-0.3, -0.25) is 9.59 Å². The third kappa shape index (κ3) is 3.64. The Morgan fingerprint density at radius 1 is 1.53 bits per heavy atom. The number of hydrogen-bond acceptors (Lipinski definition) is 5. The van der Waals surface area contributed by atoms with Gasteiger partial charge in [-0.2, -0.15) is 0 Å². The summed E-state index contributed by atoms with van der Waals surface area (Å²) in [5.74, 6) is -0.761. The molecule has 0 radical (unpaired) electrons. The SMILES string of the molecule is NCc1nc(C(=O)NCCC(N)=O)cs1. The van der Waals surface area contributed by atoms with Gasteiger partial charge in [0.2, 0.25) is 5.91 Å². The molecule has 0 aromatic carbocycles. The van der Waals surface area contributed by atoms with E-state index in [9.17, 15) is 9.59 Å². The highest BCUT2D eigenvalue weighted by molar-refractivity contribution is 7.09. The number of aromatic nitrogens is 1. The summed E-state index contributed by atoms with van der Waals surface area (Å²) in [5, 5.41) is 4.86. The lowest BCUT2D eigenvalue weighted by atomic mass is 10.4. The molecule has 0 aliphatic carbocycles. The van der Waals surface area contributed by atoms with Gasteiger partial charge in [0.25, 0.3) is 5.91 Å². The summed E-state index contributed by atoms with van der Waals surface area (Å²) in [5.41, 5.74) is 10.6. The molecule has 1 aromatic heterocycles. The van der Waals surface area contributed by atoms with Crippen molar-refractivity contribution in [2.45, 2.75) is 13.0 Å². The molecule has 1 rings (SSSR count). The van der Waals surface area contributed by atoms with Crippen LogP contribution in [-0.4, -0.2) is 23.3 Å². The minimum atomic E-state index is -0.448. The van der Waals surface area contributed by atoms with Crippen LogP contribution in [-0.2, 0) is 11.3 Å². The Balaban J connectivity index is 2.43. The molecule has 0 aliphatic rings. The molecule has 1 aromatic rings. The van der Waals surface area contributed by atoms with E-state index in [4.69, 9.17) is 11.5 Å². The number of nitrogens with zero attached hydrogens (tertiary/aromatic N) is 1. The van der Waals surface area contributed by atoms with Crippen molar-refractivity contribution in [3.05, 3.63) is 16.1 Å². The van der Waals surface area contributed by atoms with Crippen LogP contribution in [0.3, 0.4) is 0 Å². The molecule has 0 fully saturated rings. The van der Waals surface area contributed by atoms with Gasteiger partial charge in [-0.1, -0.05) is 0 Å². The lowest BCUT2D eigenvalue weighted by Crippen LogP contribution is -2.28. The van der Waals surface area contributed by atoms with Crippen LogP contribution in [0.25, 0.3) is 0 Å². The molecule has 1 heterocycles. The van der Waals surface area contributed by atoms with Crippen molar-refractivity contribution in [2.75, 3.05) is 6.54 Å². The molecule has 15 heavy (non-hydrogen) atoms. The second kappa shape index (κ2) is 5.42. The molecule has 0 saturated heterocycles. The van der Waals surface area contributed by atoms with Crippen LogP contribution in [0.4, 0.5) is 0 Å². The molecule has 0 atom stereocenters. The van der Waals surface area contributed by atoms with E-state index in [2.05, 4.69) is 10.3 Å². The molecule has 7 heteroatoms. The maximum atomic E-state index is 11.4. The van der Waals surface area contributed by atoms with Crippen molar-refractivity contribution >= 4 is 23.2 Å². The maximum Gasteiger partial charge on any atom is 0.270 e. The number of carbonyl (C=O) groups is 2. The minimum absolute atomic E-state index is 0.125. The van der Waals surface area contributed by atoms with E-state index in [0.29, 0.717) is 17.2 Å². The van der Waals surface area contributed by atoms with Gasteiger partial charge < -0.3 is 16.8 Å². The highest BCUT2D eigenvalue weighted by Crippen LogP contribution is 2.08. The lowest BCUT2D eigenvalue weighted by molar-refractivity contribution is -0.117. The zero-order valence-corrected chi connectivity index (χ0v) is 8.84. The average Bonchev–Trinajstić information content (AvgIpc) is 2.65. The summed E-state index contributed by atoms with van der Waals surface area (Å²) in [6.07, 6.45) is 0.125. The van der Waals surface area contributed by atoms with Gasteiger partial charge in [0.1, 0.15) is 10.7 Å².